The Kier molecular flexibility index (Phi) is 27.3. The molecule has 6 unspecified atom stereocenters. The Balaban J connectivity index is -0.000000412. The third kappa shape index (κ3) is 35.4. The Hall–Kier alpha value is -0.0100. The molecule has 0 aromatic rings. The summed E-state index contributed by atoms with van der Waals surface area (Å²) in [7, 11) is -2.62. The molecule has 0 aromatic heterocycles. The number of hydrogen-bond acceptors (Lipinski definition) is 11. The summed E-state index contributed by atoms with van der Waals surface area (Å²) in [5, 5.41) is 35.2. The van der Waals surface area contributed by atoms with Crippen LogP contribution in [-0.2, 0) is 18.9 Å². The lowest BCUT2D eigenvalue weighted by atomic mass is 10.4. The van der Waals surface area contributed by atoms with E-state index in [0.29, 0.717) is 26.4 Å². The summed E-state index contributed by atoms with van der Waals surface area (Å²) in [6, 6.07) is 0. The van der Waals surface area contributed by atoms with Crippen molar-refractivity contribution in [1.82, 2.24) is 0 Å². The average Bonchev–Trinajstić information content (AvgIpc) is 2.66. The van der Waals surface area contributed by atoms with Crippen LogP contribution in [0.3, 0.4) is 0 Å². The van der Waals surface area contributed by atoms with Gasteiger partial charge in [0.2, 0.25) is 0 Å². The van der Waals surface area contributed by atoms with Crippen molar-refractivity contribution >= 4 is 8.60 Å². The Morgan fingerprint density at radius 2 is 0.767 bits per heavy atom. The predicted molar refractivity (Wildman–Crippen MR) is 113 cm³/mol. The molecule has 0 saturated heterocycles. The largest absolute Gasteiger partial charge is 0.394 e. The van der Waals surface area contributed by atoms with Crippen LogP contribution >= 0.6 is 8.60 Å². The van der Waals surface area contributed by atoms with Crippen LogP contribution in [0.1, 0.15) is 41.5 Å². The van der Waals surface area contributed by atoms with Gasteiger partial charge in [0.05, 0.1) is 76.3 Å². The monoisotopic (exact) mass is 466 g/mol. The molecule has 0 aliphatic carbocycles. The predicted octanol–water partition coefficient (Wildman–Crippen LogP) is -0.470. The van der Waals surface area contributed by atoms with E-state index >= 15 is 0 Å². The lowest BCUT2D eigenvalue weighted by Gasteiger charge is -2.16. The maximum absolute atomic E-state index is 8.92. The van der Waals surface area contributed by atoms with Gasteiger partial charge in [-0.1, -0.05) is 0 Å². The summed E-state index contributed by atoms with van der Waals surface area (Å²) in [5.41, 5.74) is 0. The maximum atomic E-state index is 8.92. The van der Waals surface area contributed by atoms with Crippen LogP contribution in [-0.4, -0.2) is 111 Å². The molecule has 0 rings (SSSR count). The third-order valence-electron chi connectivity index (χ3n) is 2.99. The van der Waals surface area contributed by atoms with Crippen molar-refractivity contribution in [2.45, 2.75) is 78.2 Å². The van der Waals surface area contributed by atoms with E-state index in [0.717, 1.165) is 0 Å². The van der Waals surface area contributed by atoms with E-state index in [1.165, 1.54) is 0 Å². The van der Waals surface area contributed by atoms with Gasteiger partial charge in [0.15, 0.2) is 0 Å². The first-order valence-corrected chi connectivity index (χ1v) is 11.0. The molecule has 0 heterocycles. The minimum atomic E-state index is -2.62. The molecular formula is C18H43O11P. The quantitative estimate of drug-likeness (QED) is 0.165. The lowest BCUT2D eigenvalue weighted by Crippen LogP contribution is -2.24. The highest BCUT2D eigenvalue weighted by molar-refractivity contribution is 7.38. The van der Waals surface area contributed by atoms with E-state index in [1.807, 2.05) is 13.8 Å². The summed E-state index contributed by atoms with van der Waals surface area (Å²) in [6.45, 7) is 12.2. The van der Waals surface area contributed by atoms with Crippen LogP contribution in [0, 0.1) is 0 Å². The van der Waals surface area contributed by atoms with Gasteiger partial charge in [-0.15, -0.1) is 0 Å². The Bertz CT molecular complexity index is 304. The van der Waals surface area contributed by atoms with Crippen molar-refractivity contribution in [2.75, 3.05) is 39.6 Å². The SMILES string of the molecule is CC(O)COC(C)COC(C)CO.CC(O)COC(C)COC(C)CO.OP(O)O. The minimum Gasteiger partial charge on any atom is -0.394 e. The zero-order valence-corrected chi connectivity index (χ0v) is 19.8. The summed E-state index contributed by atoms with van der Waals surface area (Å²) in [5.74, 6) is 0. The van der Waals surface area contributed by atoms with E-state index in [4.69, 9.17) is 54.1 Å². The number of rotatable bonds is 14. The van der Waals surface area contributed by atoms with Crippen LogP contribution in [0.5, 0.6) is 0 Å². The molecular weight excluding hydrogens is 423 g/mol. The first-order valence-electron chi connectivity index (χ1n) is 9.76. The van der Waals surface area contributed by atoms with Crippen molar-refractivity contribution in [2.24, 2.45) is 0 Å². The molecule has 0 fully saturated rings. The summed E-state index contributed by atoms with van der Waals surface area (Å²) >= 11 is 0. The van der Waals surface area contributed by atoms with Gasteiger partial charge in [0.25, 0.3) is 0 Å². The Morgan fingerprint density at radius 3 is 0.967 bits per heavy atom. The molecule has 0 spiro atoms. The van der Waals surface area contributed by atoms with Gasteiger partial charge in [-0.3, -0.25) is 0 Å². The van der Waals surface area contributed by atoms with Crippen LogP contribution in [0.4, 0.5) is 0 Å². The zero-order valence-electron chi connectivity index (χ0n) is 18.9. The molecule has 11 nitrogen and oxygen atoms in total. The van der Waals surface area contributed by atoms with Crippen LogP contribution in [0.15, 0.2) is 0 Å². The highest BCUT2D eigenvalue weighted by atomic mass is 31.2. The van der Waals surface area contributed by atoms with Crippen molar-refractivity contribution in [1.29, 1.82) is 0 Å². The minimum absolute atomic E-state index is 0.0170. The van der Waals surface area contributed by atoms with Crippen LogP contribution in [0.2, 0.25) is 0 Å². The van der Waals surface area contributed by atoms with Crippen molar-refractivity contribution in [3.8, 4) is 0 Å². The van der Waals surface area contributed by atoms with Gasteiger partial charge >= 0.3 is 8.60 Å². The van der Waals surface area contributed by atoms with Crippen molar-refractivity contribution in [3.63, 3.8) is 0 Å². The van der Waals surface area contributed by atoms with Crippen LogP contribution in [0.25, 0.3) is 0 Å². The Labute approximate surface area is 181 Å². The van der Waals surface area contributed by atoms with Gasteiger partial charge in [-0.2, -0.15) is 0 Å². The topological polar surface area (TPSA) is 179 Å². The number of hydrogen-bond donors (Lipinski definition) is 7. The van der Waals surface area contributed by atoms with E-state index in [9.17, 15) is 0 Å². The summed E-state index contributed by atoms with van der Waals surface area (Å²) in [4.78, 5) is 21.7. The van der Waals surface area contributed by atoms with Gasteiger partial charge in [0, 0.05) is 0 Å². The molecule has 7 N–H and O–H groups in total. The fraction of sp³-hybridized carbons (Fsp3) is 1.00. The van der Waals surface area contributed by atoms with Crippen molar-refractivity contribution in [3.05, 3.63) is 0 Å². The van der Waals surface area contributed by atoms with Gasteiger partial charge in [0.1, 0.15) is 0 Å². The van der Waals surface area contributed by atoms with Crippen molar-refractivity contribution < 1.29 is 54.1 Å². The molecule has 12 heteroatoms. The summed E-state index contributed by atoms with van der Waals surface area (Å²) in [6.07, 6.45) is -1.31. The molecule has 0 amide bonds. The molecule has 0 aliphatic rings. The maximum Gasteiger partial charge on any atom is 0.324 e. The van der Waals surface area contributed by atoms with E-state index in [1.54, 1.807) is 27.7 Å². The molecule has 30 heavy (non-hydrogen) atoms. The highest BCUT2D eigenvalue weighted by Gasteiger charge is 2.08. The second-order valence-electron chi connectivity index (χ2n) is 6.91. The molecule has 0 saturated carbocycles. The molecule has 0 bridgehead atoms. The molecule has 0 radical (unpaired) electrons. The van der Waals surface area contributed by atoms with Gasteiger partial charge in [-0.25, -0.2) is 0 Å². The first kappa shape index (κ1) is 34.6. The standard InChI is InChI=1S/2C9H20O4.H3O3P/c2*1-7(11)5-12-9(3)6-13-8(2)4-10;1-4(2)3/h2*7-11H,4-6H2,1-3H3;1-3H. The first-order chi connectivity index (χ1) is 13.8. The van der Waals surface area contributed by atoms with Gasteiger partial charge in [-0.05, 0) is 41.5 Å². The second kappa shape index (κ2) is 23.6. The fourth-order valence-corrected chi connectivity index (χ4v) is 1.41. The Morgan fingerprint density at radius 1 is 0.533 bits per heavy atom. The molecule has 186 valence electrons. The smallest absolute Gasteiger partial charge is 0.324 e. The normalized spacial score (nSPS) is 17.0. The van der Waals surface area contributed by atoms with Crippen LogP contribution < -0.4 is 0 Å². The number of ether oxygens (including phenoxy) is 4. The number of aliphatic hydroxyl groups is 4. The fourth-order valence-electron chi connectivity index (χ4n) is 1.41. The molecule has 0 aromatic carbocycles. The summed E-state index contributed by atoms with van der Waals surface area (Å²) < 4.78 is 20.9. The van der Waals surface area contributed by atoms with E-state index in [-0.39, 0.29) is 37.6 Å². The second-order valence-corrected chi connectivity index (χ2v) is 7.44. The third-order valence-corrected chi connectivity index (χ3v) is 2.99. The zero-order chi connectivity index (χ0) is 24.1. The highest BCUT2D eigenvalue weighted by Crippen LogP contribution is 2.11. The average molecular weight is 467 g/mol. The van der Waals surface area contributed by atoms with E-state index in [2.05, 4.69) is 0 Å². The number of aliphatic hydroxyl groups excluding tert-OH is 4. The van der Waals surface area contributed by atoms with Gasteiger partial charge < -0.3 is 54.1 Å². The van der Waals surface area contributed by atoms with E-state index < -0.39 is 20.8 Å². The molecule has 6 atom stereocenters. The lowest BCUT2D eigenvalue weighted by molar-refractivity contribution is -0.0620. The molecule has 0 aliphatic heterocycles.